The molecule has 0 amide bonds. The van der Waals surface area contributed by atoms with Gasteiger partial charge in [0.05, 0.1) is 5.52 Å². The summed E-state index contributed by atoms with van der Waals surface area (Å²) in [4.78, 5) is 7.78. The molecule has 0 aliphatic carbocycles. The lowest BCUT2D eigenvalue weighted by molar-refractivity contribution is 0.432. The minimum Gasteiger partial charge on any atom is -0.508 e. The highest BCUT2D eigenvalue weighted by Gasteiger charge is 2.15. The van der Waals surface area contributed by atoms with Gasteiger partial charge >= 0.3 is 0 Å². The number of hydrogen-bond donors (Lipinski definition) is 4. The smallest absolute Gasteiger partial charge is 0.160 e. The molecule has 0 unspecified atom stereocenters. The molecule has 1 fully saturated rings. The number of imidazole rings is 1. The highest BCUT2D eigenvalue weighted by molar-refractivity contribution is 5.94. The Morgan fingerprint density at radius 3 is 2.86 bits per heavy atom. The number of H-pyrrole nitrogens is 2. The summed E-state index contributed by atoms with van der Waals surface area (Å²) in [5.41, 5.74) is 5.77. The van der Waals surface area contributed by atoms with Gasteiger partial charge < -0.3 is 15.4 Å². The van der Waals surface area contributed by atoms with E-state index in [1.54, 1.807) is 6.07 Å². The Balaban J connectivity index is 1.48. The van der Waals surface area contributed by atoms with Crippen molar-refractivity contribution in [3.63, 3.8) is 0 Å². The zero-order valence-corrected chi connectivity index (χ0v) is 16.1. The van der Waals surface area contributed by atoms with Crippen molar-refractivity contribution in [2.75, 3.05) is 13.1 Å². The molecule has 3 heterocycles. The Hall–Kier alpha value is -3.56. The number of nitrogens with zero attached hydrogens (tertiary/aromatic N) is 2. The molecule has 2 aromatic heterocycles. The first-order valence-electron chi connectivity index (χ1n) is 9.79. The van der Waals surface area contributed by atoms with Crippen molar-refractivity contribution in [1.29, 1.82) is 0 Å². The molecule has 0 bridgehead atoms. The Kier molecular flexibility index (Phi) is 4.30. The molecule has 4 N–H and O–H groups in total. The van der Waals surface area contributed by atoms with E-state index < -0.39 is 0 Å². The third-order valence-corrected chi connectivity index (χ3v) is 5.33. The molecule has 6 heteroatoms. The van der Waals surface area contributed by atoms with Gasteiger partial charge in [0.25, 0.3) is 0 Å². The molecule has 2 aromatic carbocycles. The lowest BCUT2D eigenvalue weighted by Crippen LogP contribution is -2.40. The lowest BCUT2D eigenvalue weighted by atomic mass is 9.97. The van der Waals surface area contributed by atoms with Gasteiger partial charge in [0.15, 0.2) is 5.82 Å². The molecule has 1 saturated heterocycles. The predicted octanol–water partition coefficient (Wildman–Crippen LogP) is 3.46. The van der Waals surface area contributed by atoms with Crippen molar-refractivity contribution in [3.05, 3.63) is 53.9 Å². The van der Waals surface area contributed by atoms with Crippen molar-refractivity contribution in [2.45, 2.75) is 13.3 Å². The molecule has 1 aliphatic heterocycles. The van der Waals surface area contributed by atoms with E-state index in [0.29, 0.717) is 17.5 Å². The molecule has 29 heavy (non-hydrogen) atoms. The SMILES string of the molecule is CCc1cc(O)ccc1-c1ccc2c(-c3nc(C#CC4CNC4)c[nH]3)n[nH]c2c1. The summed E-state index contributed by atoms with van der Waals surface area (Å²) in [5.74, 6) is 7.79. The van der Waals surface area contributed by atoms with E-state index >= 15 is 0 Å². The van der Waals surface area contributed by atoms with Crippen LogP contribution in [0, 0.1) is 17.8 Å². The van der Waals surface area contributed by atoms with Crippen LogP contribution in [0.2, 0.25) is 0 Å². The average molecular weight is 383 g/mol. The summed E-state index contributed by atoms with van der Waals surface area (Å²) < 4.78 is 0. The second-order valence-electron chi connectivity index (χ2n) is 7.29. The number of aryl methyl sites for hydroxylation is 1. The number of phenolic OH excluding ortho intramolecular Hbond substituents is 1. The van der Waals surface area contributed by atoms with Gasteiger partial charge in [0.1, 0.15) is 17.1 Å². The second kappa shape index (κ2) is 7.12. The topological polar surface area (TPSA) is 89.6 Å². The molecule has 0 spiro atoms. The van der Waals surface area contributed by atoms with Crippen molar-refractivity contribution in [3.8, 4) is 40.2 Å². The van der Waals surface area contributed by atoms with Crippen LogP contribution in [0.3, 0.4) is 0 Å². The van der Waals surface area contributed by atoms with E-state index in [1.165, 1.54) is 0 Å². The minimum atomic E-state index is 0.292. The van der Waals surface area contributed by atoms with E-state index in [9.17, 15) is 5.11 Å². The fourth-order valence-electron chi connectivity index (χ4n) is 3.60. The van der Waals surface area contributed by atoms with Gasteiger partial charge in [0, 0.05) is 30.6 Å². The number of fused-ring (bicyclic) bond motifs is 1. The molecule has 5 rings (SSSR count). The summed E-state index contributed by atoms with van der Waals surface area (Å²) in [5, 5.41) is 21.6. The molecule has 4 aromatic rings. The maximum atomic E-state index is 9.77. The average Bonchev–Trinajstić information content (AvgIpc) is 3.32. The number of rotatable bonds is 3. The summed E-state index contributed by atoms with van der Waals surface area (Å²) >= 11 is 0. The zero-order chi connectivity index (χ0) is 19.8. The monoisotopic (exact) mass is 383 g/mol. The summed E-state index contributed by atoms with van der Waals surface area (Å²) in [6.07, 6.45) is 2.68. The minimum absolute atomic E-state index is 0.292. The van der Waals surface area contributed by atoms with Crippen molar-refractivity contribution in [1.82, 2.24) is 25.5 Å². The van der Waals surface area contributed by atoms with Gasteiger partial charge in [-0.1, -0.05) is 25.0 Å². The van der Waals surface area contributed by atoms with Gasteiger partial charge in [-0.2, -0.15) is 5.10 Å². The van der Waals surface area contributed by atoms with Gasteiger partial charge in [-0.15, -0.1) is 0 Å². The first kappa shape index (κ1) is 17.5. The fraction of sp³-hybridized carbons (Fsp3) is 0.217. The van der Waals surface area contributed by atoms with Crippen LogP contribution in [0.4, 0.5) is 0 Å². The van der Waals surface area contributed by atoms with E-state index in [4.69, 9.17) is 0 Å². The van der Waals surface area contributed by atoms with Crippen LogP contribution in [0.1, 0.15) is 18.2 Å². The standard InChI is InChI=1S/C23H21N5O/c1-2-15-9-18(29)6-8-19(15)16-4-7-20-21(10-16)27-28-22(20)23-25-13-17(26-23)5-3-14-11-24-12-14/h4,6-10,13-14,24,29H,2,11-12H2,1H3,(H,25,26)(H,27,28). The van der Waals surface area contributed by atoms with Crippen molar-refractivity contribution >= 4 is 10.9 Å². The Morgan fingerprint density at radius 1 is 1.17 bits per heavy atom. The summed E-state index contributed by atoms with van der Waals surface area (Å²) in [7, 11) is 0. The molecule has 144 valence electrons. The third-order valence-electron chi connectivity index (χ3n) is 5.33. The quantitative estimate of drug-likeness (QED) is 0.408. The molecular formula is C23H21N5O. The normalized spacial score (nSPS) is 13.8. The maximum Gasteiger partial charge on any atom is 0.160 e. The van der Waals surface area contributed by atoms with Crippen LogP contribution in [0.25, 0.3) is 33.5 Å². The Morgan fingerprint density at radius 2 is 2.07 bits per heavy atom. The number of hydrogen-bond acceptors (Lipinski definition) is 4. The van der Waals surface area contributed by atoms with Crippen molar-refractivity contribution < 1.29 is 5.11 Å². The first-order valence-corrected chi connectivity index (χ1v) is 9.79. The van der Waals surface area contributed by atoms with Gasteiger partial charge in [-0.25, -0.2) is 4.98 Å². The van der Waals surface area contributed by atoms with E-state index in [0.717, 1.165) is 58.5 Å². The number of aromatic hydroxyl groups is 1. The van der Waals surface area contributed by atoms with E-state index in [-0.39, 0.29) is 0 Å². The zero-order valence-electron chi connectivity index (χ0n) is 16.1. The van der Waals surface area contributed by atoms with Gasteiger partial charge in [0.2, 0.25) is 0 Å². The first-order chi connectivity index (χ1) is 14.2. The number of benzene rings is 2. The van der Waals surface area contributed by atoms with Crippen LogP contribution in [0.5, 0.6) is 5.75 Å². The fourth-order valence-corrected chi connectivity index (χ4v) is 3.60. The number of nitrogens with one attached hydrogen (secondary N) is 3. The maximum absolute atomic E-state index is 9.77. The Labute approximate surface area is 168 Å². The molecule has 0 radical (unpaired) electrons. The van der Waals surface area contributed by atoms with Crippen molar-refractivity contribution in [2.24, 2.45) is 5.92 Å². The number of aromatic nitrogens is 4. The van der Waals surface area contributed by atoms with Crippen LogP contribution in [0.15, 0.2) is 42.6 Å². The highest BCUT2D eigenvalue weighted by atomic mass is 16.3. The number of aromatic amines is 2. The lowest BCUT2D eigenvalue weighted by Gasteiger charge is -2.20. The van der Waals surface area contributed by atoms with Crippen LogP contribution >= 0.6 is 0 Å². The summed E-state index contributed by atoms with van der Waals surface area (Å²) in [6.45, 7) is 4.00. The van der Waals surface area contributed by atoms with E-state index in [2.05, 4.69) is 62.4 Å². The van der Waals surface area contributed by atoms with Crippen LogP contribution in [-0.4, -0.2) is 38.4 Å². The third kappa shape index (κ3) is 3.26. The molecule has 0 atom stereocenters. The predicted molar refractivity (Wildman–Crippen MR) is 113 cm³/mol. The summed E-state index contributed by atoms with van der Waals surface area (Å²) in [6, 6.07) is 11.7. The molecule has 0 saturated carbocycles. The Bertz CT molecular complexity index is 1250. The molecular weight excluding hydrogens is 362 g/mol. The molecule has 6 nitrogen and oxygen atoms in total. The van der Waals surface area contributed by atoms with Crippen LogP contribution in [-0.2, 0) is 6.42 Å². The van der Waals surface area contributed by atoms with E-state index in [1.807, 2.05) is 18.3 Å². The number of phenols is 1. The molecule has 1 aliphatic rings. The largest absolute Gasteiger partial charge is 0.508 e. The van der Waals surface area contributed by atoms with Gasteiger partial charge in [-0.05, 0) is 53.3 Å². The second-order valence-corrected chi connectivity index (χ2v) is 7.29. The highest BCUT2D eigenvalue weighted by Crippen LogP contribution is 2.32. The van der Waals surface area contributed by atoms with Crippen LogP contribution < -0.4 is 5.32 Å². The van der Waals surface area contributed by atoms with Gasteiger partial charge in [-0.3, -0.25) is 5.10 Å².